The number of hydrogen-bond donors (Lipinski definition) is 2. The molecule has 5 amide bonds. The highest BCUT2D eigenvalue weighted by Crippen LogP contribution is 2.35. The van der Waals surface area contributed by atoms with Crippen LogP contribution >= 0.6 is 34.2 Å². The molecular weight excluding hydrogens is 725 g/mol. The van der Waals surface area contributed by atoms with Gasteiger partial charge in [-0.2, -0.15) is 0 Å². The molecule has 0 saturated carbocycles. The molecule has 234 valence electrons. The number of carbonyl (C=O) groups excluding carboxylic acids is 4. The Labute approximate surface area is 283 Å². The number of benzene rings is 4. The van der Waals surface area contributed by atoms with Crippen LogP contribution < -0.4 is 29.7 Å². The number of anilines is 2. The molecule has 0 unspecified atom stereocenters. The number of nitrogens with one attached hydrogen (secondary N) is 2. The van der Waals surface area contributed by atoms with E-state index in [9.17, 15) is 19.2 Å². The second-order valence-corrected chi connectivity index (χ2v) is 11.4. The summed E-state index contributed by atoms with van der Waals surface area (Å²) in [7, 11) is 0. The van der Waals surface area contributed by atoms with Gasteiger partial charge in [-0.05, 0) is 107 Å². The van der Waals surface area contributed by atoms with Crippen LogP contribution in [-0.2, 0) is 21.0 Å². The van der Waals surface area contributed by atoms with E-state index in [0.29, 0.717) is 43.7 Å². The standard InChI is InChI=1S/C34H27ClIN3O7/c1-2-44-29-18-22(17-28(36)31(29)46-20-30(40)37-24-10-8-23(35)9-11-24)16-27-32(41)38-34(43)39(33(27)42)25-12-14-26(15-13-25)45-19-21-6-4-3-5-7-21/h3-18H,2,19-20H2,1H3,(H,37,40)(H,38,41,43)/b27-16+. The predicted octanol–water partition coefficient (Wildman–Crippen LogP) is 6.61. The van der Waals surface area contributed by atoms with Crippen LogP contribution in [0, 0.1) is 3.57 Å². The van der Waals surface area contributed by atoms with E-state index < -0.39 is 23.8 Å². The zero-order valence-corrected chi connectivity index (χ0v) is 27.3. The number of urea groups is 1. The fraction of sp³-hybridized carbons (Fsp3) is 0.118. The number of halogens is 2. The Hall–Kier alpha value is -4.88. The lowest BCUT2D eigenvalue weighted by molar-refractivity contribution is -0.122. The summed E-state index contributed by atoms with van der Waals surface area (Å²) in [5.41, 5.74) is 2.02. The van der Waals surface area contributed by atoms with Crippen LogP contribution in [0.15, 0.2) is 96.6 Å². The average molecular weight is 752 g/mol. The van der Waals surface area contributed by atoms with Crippen molar-refractivity contribution in [1.29, 1.82) is 0 Å². The summed E-state index contributed by atoms with van der Waals surface area (Å²) in [6.07, 6.45) is 1.37. The van der Waals surface area contributed by atoms with E-state index in [1.54, 1.807) is 67.6 Å². The first-order valence-electron chi connectivity index (χ1n) is 14.0. The summed E-state index contributed by atoms with van der Waals surface area (Å²) in [6, 6.07) is 25.1. The molecule has 1 aliphatic rings. The summed E-state index contributed by atoms with van der Waals surface area (Å²) in [4.78, 5) is 52.4. The Bertz CT molecular complexity index is 1800. The summed E-state index contributed by atoms with van der Waals surface area (Å²) in [5, 5.41) is 5.50. The maximum atomic E-state index is 13.5. The third kappa shape index (κ3) is 8.03. The van der Waals surface area contributed by atoms with Gasteiger partial charge in [-0.15, -0.1) is 0 Å². The van der Waals surface area contributed by atoms with E-state index in [2.05, 4.69) is 10.6 Å². The van der Waals surface area contributed by atoms with Crippen LogP contribution in [0.25, 0.3) is 6.08 Å². The van der Waals surface area contributed by atoms with Gasteiger partial charge in [-0.3, -0.25) is 19.7 Å². The molecule has 46 heavy (non-hydrogen) atoms. The number of amides is 5. The molecule has 5 rings (SSSR count). The lowest BCUT2D eigenvalue weighted by atomic mass is 10.1. The summed E-state index contributed by atoms with van der Waals surface area (Å²) in [6.45, 7) is 2.13. The molecule has 0 aliphatic carbocycles. The molecule has 10 nitrogen and oxygen atoms in total. The van der Waals surface area contributed by atoms with Gasteiger partial charge in [0.05, 0.1) is 15.9 Å². The van der Waals surface area contributed by atoms with Gasteiger partial charge in [0.2, 0.25) is 0 Å². The van der Waals surface area contributed by atoms with Crippen molar-refractivity contribution in [3.05, 3.63) is 116 Å². The van der Waals surface area contributed by atoms with E-state index in [4.69, 9.17) is 25.8 Å². The number of rotatable bonds is 11. The second-order valence-electron chi connectivity index (χ2n) is 9.83. The minimum atomic E-state index is -0.865. The van der Waals surface area contributed by atoms with Crippen molar-refractivity contribution in [3.63, 3.8) is 0 Å². The lowest BCUT2D eigenvalue weighted by Crippen LogP contribution is -2.54. The van der Waals surface area contributed by atoms with E-state index in [1.807, 2.05) is 52.9 Å². The van der Waals surface area contributed by atoms with Crippen LogP contribution in [0.4, 0.5) is 16.2 Å². The van der Waals surface area contributed by atoms with Crippen LogP contribution in [0.5, 0.6) is 17.2 Å². The average Bonchev–Trinajstić information content (AvgIpc) is 3.04. The molecule has 4 aromatic carbocycles. The van der Waals surface area contributed by atoms with Gasteiger partial charge in [0.15, 0.2) is 18.1 Å². The minimum absolute atomic E-state index is 0.252. The smallest absolute Gasteiger partial charge is 0.335 e. The molecule has 0 bridgehead atoms. The van der Waals surface area contributed by atoms with Crippen molar-refractivity contribution in [3.8, 4) is 17.2 Å². The van der Waals surface area contributed by atoms with Crippen molar-refractivity contribution in [1.82, 2.24) is 5.32 Å². The number of barbiturate groups is 1. The molecular formula is C34H27ClIN3O7. The molecule has 1 saturated heterocycles. The van der Waals surface area contributed by atoms with Crippen molar-refractivity contribution in [2.75, 3.05) is 23.4 Å². The van der Waals surface area contributed by atoms with Gasteiger partial charge < -0.3 is 19.5 Å². The van der Waals surface area contributed by atoms with Crippen LogP contribution in [0.2, 0.25) is 5.02 Å². The Morgan fingerprint density at radius 2 is 1.65 bits per heavy atom. The maximum absolute atomic E-state index is 13.5. The molecule has 1 aliphatic heterocycles. The van der Waals surface area contributed by atoms with E-state index in [1.165, 1.54) is 6.08 Å². The summed E-state index contributed by atoms with van der Waals surface area (Å²) in [5.74, 6) is -0.839. The normalized spacial score (nSPS) is 13.8. The van der Waals surface area contributed by atoms with Gasteiger partial charge in [-0.25, -0.2) is 9.69 Å². The first-order chi connectivity index (χ1) is 22.2. The Balaban J connectivity index is 1.32. The summed E-state index contributed by atoms with van der Waals surface area (Å²) >= 11 is 7.92. The Morgan fingerprint density at radius 3 is 2.35 bits per heavy atom. The van der Waals surface area contributed by atoms with E-state index in [-0.39, 0.29) is 24.5 Å². The van der Waals surface area contributed by atoms with Gasteiger partial charge >= 0.3 is 6.03 Å². The Kier molecular flexibility index (Phi) is 10.6. The molecule has 0 spiro atoms. The quantitative estimate of drug-likeness (QED) is 0.101. The fourth-order valence-electron chi connectivity index (χ4n) is 4.43. The van der Waals surface area contributed by atoms with Gasteiger partial charge in [0.1, 0.15) is 17.9 Å². The molecule has 0 radical (unpaired) electrons. The highest BCUT2D eigenvalue weighted by atomic mass is 127. The highest BCUT2D eigenvalue weighted by molar-refractivity contribution is 14.1. The molecule has 2 N–H and O–H groups in total. The van der Waals surface area contributed by atoms with Gasteiger partial charge in [0.25, 0.3) is 17.7 Å². The fourth-order valence-corrected chi connectivity index (χ4v) is 5.34. The number of nitrogens with zero attached hydrogens (tertiary/aromatic N) is 1. The molecule has 0 aromatic heterocycles. The third-order valence-electron chi connectivity index (χ3n) is 6.56. The maximum Gasteiger partial charge on any atom is 0.335 e. The van der Waals surface area contributed by atoms with Gasteiger partial charge in [-0.1, -0.05) is 41.9 Å². The second kappa shape index (κ2) is 14.9. The third-order valence-corrected chi connectivity index (χ3v) is 7.62. The predicted molar refractivity (Wildman–Crippen MR) is 182 cm³/mol. The van der Waals surface area contributed by atoms with E-state index in [0.717, 1.165) is 10.5 Å². The zero-order chi connectivity index (χ0) is 32.6. The molecule has 1 fully saturated rings. The van der Waals surface area contributed by atoms with Gasteiger partial charge in [0, 0.05) is 10.7 Å². The molecule has 12 heteroatoms. The first-order valence-corrected chi connectivity index (χ1v) is 15.5. The number of ether oxygens (including phenoxy) is 3. The van der Waals surface area contributed by atoms with Crippen molar-refractivity contribution >= 4 is 75.4 Å². The van der Waals surface area contributed by atoms with Crippen molar-refractivity contribution < 1.29 is 33.4 Å². The van der Waals surface area contributed by atoms with Crippen molar-refractivity contribution in [2.45, 2.75) is 13.5 Å². The minimum Gasteiger partial charge on any atom is -0.490 e. The van der Waals surface area contributed by atoms with Crippen LogP contribution in [0.3, 0.4) is 0 Å². The van der Waals surface area contributed by atoms with Crippen molar-refractivity contribution in [2.24, 2.45) is 0 Å². The van der Waals surface area contributed by atoms with Crippen LogP contribution in [-0.4, -0.2) is 37.0 Å². The van der Waals surface area contributed by atoms with E-state index >= 15 is 0 Å². The number of imide groups is 2. The van der Waals surface area contributed by atoms with Crippen LogP contribution in [0.1, 0.15) is 18.1 Å². The first kappa shape index (κ1) is 32.5. The molecule has 0 atom stereocenters. The Morgan fingerprint density at radius 1 is 0.935 bits per heavy atom. The summed E-state index contributed by atoms with van der Waals surface area (Å²) < 4.78 is 17.9. The SMILES string of the molecule is CCOc1cc(/C=C2\C(=O)NC(=O)N(c3ccc(OCc4ccccc4)cc3)C2=O)cc(I)c1OCC(=O)Nc1ccc(Cl)cc1. The number of carbonyl (C=O) groups is 4. The molecule has 1 heterocycles. The zero-order valence-electron chi connectivity index (χ0n) is 24.4. The lowest BCUT2D eigenvalue weighted by Gasteiger charge is -2.26. The monoisotopic (exact) mass is 751 g/mol. The largest absolute Gasteiger partial charge is 0.490 e. The topological polar surface area (TPSA) is 123 Å². The number of hydrogen-bond acceptors (Lipinski definition) is 7. The highest BCUT2D eigenvalue weighted by Gasteiger charge is 2.37. The molecule has 4 aromatic rings.